The Morgan fingerprint density at radius 3 is 2.15 bits per heavy atom. The van der Waals surface area contributed by atoms with Gasteiger partial charge in [0, 0.05) is 0 Å². The van der Waals surface area contributed by atoms with Crippen molar-refractivity contribution in [2.24, 2.45) is 0 Å². The molecule has 2 rings (SSSR count). The molecule has 2 aromatic carbocycles. The molecule has 0 amide bonds. The first-order chi connectivity index (χ1) is 9.52. The zero-order chi connectivity index (χ0) is 14.6. The summed E-state index contributed by atoms with van der Waals surface area (Å²) in [7, 11) is 0. The fraction of sp³-hybridized carbons (Fsp3) is 0.250. The smallest absolute Gasteiger partial charge is 0.419 e. The lowest BCUT2D eigenvalue weighted by Gasteiger charge is -2.21. The van der Waals surface area contributed by atoms with Gasteiger partial charge in [0.15, 0.2) is 0 Å². The Balaban J connectivity index is 2.29. The van der Waals surface area contributed by atoms with Crippen molar-refractivity contribution < 1.29 is 17.9 Å². The molecule has 1 nitrogen and oxygen atoms in total. The lowest BCUT2D eigenvalue weighted by Crippen LogP contribution is -2.12. The first kappa shape index (κ1) is 14.4. The van der Waals surface area contributed by atoms with Gasteiger partial charge >= 0.3 is 6.18 Å². The monoisotopic (exact) mass is 280 g/mol. The highest BCUT2D eigenvalue weighted by Gasteiger charge is 2.34. The molecule has 0 N–H and O–H groups in total. The number of hydrogen-bond acceptors (Lipinski definition) is 1. The maximum Gasteiger partial charge on any atom is 0.419 e. The molecule has 0 saturated heterocycles. The minimum atomic E-state index is -4.41. The standard InChI is InChI=1S/C16H15F3O/c1-2-14(12-8-4-3-5-9-12)20-15-11-7-6-10-13(15)16(17,18)19/h3-11,14H,2H2,1H3. The number of rotatable bonds is 4. The molecule has 0 radical (unpaired) electrons. The Kier molecular flexibility index (Phi) is 4.32. The summed E-state index contributed by atoms with van der Waals surface area (Å²) in [4.78, 5) is 0. The van der Waals surface area contributed by atoms with Gasteiger partial charge in [-0.05, 0) is 24.1 Å². The minimum Gasteiger partial charge on any atom is -0.485 e. The zero-order valence-corrected chi connectivity index (χ0v) is 11.0. The van der Waals surface area contributed by atoms with Gasteiger partial charge < -0.3 is 4.74 Å². The predicted octanol–water partition coefficient (Wildman–Crippen LogP) is 5.24. The number of benzene rings is 2. The number of hydrogen-bond donors (Lipinski definition) is 0. The minimum absolute atomic E-state index is 0.129. The highest BCUT2D eigenvalue weighted by atomic mass is 19.4. The molecule has 0 aliphatic carbocycles. The molecular weight excluding hydrogens is 265 g/mol. The van der Waals surface area contributed by atoms with Crippen LogP contribution in [0.4, 0.5) is 13.2 Å². The second-order valence-electron chi connectivity index (χ2n) is 4.42. The number of para-hydroxylation sites is 1. The van der Waals surface area contributed by atoms with Crippen LogP contribution < -0.4 is 4.74 Å². The van der Waals surface area contributed by atoms with Gasteiger partial charge in [-0.1, -0.05) is 49.4 Å². The molecule has 0 spiro atoms. The molecule has 0 aliphatic rings. The van der Waals surface area contributed by atoms with Crippen LogP contribution in [0.1, 0.15) is 30.6 Å². The third-order valence-corrected chi connectivity index (χ3v) is 3.00. The molecule has 4 heteroatoms. The second-order valence-corrected chi connectivity index (χ2v) is 4.42. The fourth-order valence-corrected chi connectivity index (χ4v) is 2.01. The first-order valence-corrected chi connectivity index (χ1v) is 6.40. The van der Waals surface area contributed by atoms with E-state index in [0.717, 1.165) is 11.6 Å². The average Bonchev–Trinajstić information content (AvgIpc) is 2.45. The molecule has 0 aliphatic heterocycles. The summed E-state index contributed by atoms with van der Waals surface area (Å²) in [6.45, 7) is 1.88. The van der Waals surface area contributed by atoms with Crippen LogP contribution >= 0.6 is 0 Å². The van der Waals surface area contributed by atoms with Gasteiger partial charge in [-0.2, -0.15) is 13.2 Å². The molecule has 0 fully saturated rings. The van der Waals surface area contributed by atoms with Crippen molar-refractivity contribution in [3.63, 3.8) is 0 Å². The van der Waals surface area contributed by atoms with E-state index < -0.39 is 11.7 Å². The molecule has 106 valence electrons. The number of alkyl halides is 3. The molecule has 1 atom stereocenters. The van der Waals surface area contributed by atoms with Gasteiger partial charge in [0.05, 0.1) is 5.56 Å². The summed E-state index contributed by atoms with van der Waals surface area (Å²) in [6, 6.07) is 14.5. The third kappa shape index (κ3) is 3.32. The van der Waals surface area contributed by atoms with Crippen molar-refractivity contribution in [1.29, 1.82) is 0 Å². The van der Waals surface area contributed by atoms with Crippen LogP contribution in [0.25, 0.3) is 0 Å². The van der Waals surface area contributed by atoms with Gasteiger partial charge in [0.25, 0.3) is 0 Å². The molecule has 1 unspecified atom stereocenters. The molecule has 0 aromatic heterocycles. The third-order valence-electron chi connectivity index (χ3n) is 3.00. The molecule has 0 bridgehead atoms. The van der Waals surface area contributed by atoms with E-state index in [1.165, 1.54) is 12.1 Å². The predicted molar refractivity (Wildman–Crippen MR) is 71.5 cm³/mol. The average molecular weight is 280 g/mol. The van der Waals surface area contributed by atoms with E-state index in [1.54, 1.807) is 6.07 Å². The Labute approximate surface area is 116 Å². The van der Waals surface area contributed by atoms with E-state index in [0.29, 0.717) is 6.42 Å². The lowest BCUT2D eigenvalue weighted by atomic mass is 10.1. The van der Waals surface area contributed by atoms with Crippen LogP contribution in [0.2, 0.25) is 0 Å². The van der Waals surface area contributed by atoms with Gasteiger partial charge in [-0.15, -0.1) is 0 Å². The number of halogens is 3. The molecular formula is C16H15F3O. The lowest BCUT2D eigenvalue weighted by molar-refractivity contribution is -0.139. The fourth-order valence-electron chi connectivity index (χ4n) is 2.01. The van der Waals surface area contributed by atoms with Crippen molar-refractivity contribution in [3.05, 3.63) is 65.7 Å². The maximum atomic E-state index is 12.9. The van der Waals surface area contributed by atoms with Gasteiger partial charge in [-0.25, -0.2) is 0 Å². The SMILES string of the molecule is CCC(Oc1ccccc1C(F)(F)F)c1ccccc1. The number of ether oxygens (including phenoxy) is 1. The van der Waals surface area contributed by atoms with Crippen LogP contribution in [0.3, 0.4) is 0 Å². The Bertz CT molecular complexity index is 549. The van der Waals surface area contributed by atoms with Crippen LogP contribution in [0, 0.1) is 0 Å². The van der Waals surface area contributed by atoms with E-state index in [9.17, 15) is 13.2 Å². The summed E-state index contributed by atoms with van der Waals surface area (Å²) < 4.78 is 44.4. The van der Waals surface area contributed by atoms with E-state index in [2.05, 4.69) is 0 Å². The van der Waals surface area contributed by atoms with Crippen molar-refractivity contribution in [3.8, 4) is 5.75 Å². The van der Waals surface area contributed by atoms with E-state index in [1.807, 2.05) is 37.3 Å². The normalized spacial score (nSPS) is 13.0. The van der Waals surface area contributed by atoms with Crippen molar-refractivity contribution in [2.45, 2.75) is 25.6 Å². The topological polar surface area (TPSA) is 9.23 Å². The summed E-state index contributed by atoms with van der Waals surface area (Å²) in [6.07, 6.45) is -4.21. The van der Waals surface area contributed by atoms with Crippen LogP contribution in [0.15, 0.2) is 54.6 Å². The van der Waals surface area contributed by atoms with Gasteiger partial charge in [0.2, 0.25) is 0 Å². The summed E-state index contributed by atoms with van der Waals surface area (Å²) in [5.41, 5.74) is 0.126. The Morgan fingerprint density at radius 1 is 0.950 bits per heavy atom. The van der Waals surface area contributed by atoms with Crippen molar-refractivity contribution >= 4 is 0 Å². The summed E-state index contributed by atoms with van der Waals surface area (Å²) in [5, 5.41) is 0. The quantitative estimate of drug-likeness (QED) is 0.744. The molecule has 0 saturated carbocycles. The van der Waals surface area contributed by atoms with E-state index in [4.69, 9.17) is 4.74 Å². The zero-order valence-electron chi connectivity index (χ0n) is 11.0. The first-order valence-electron chi connectivity index (χ1n) is 6.40. The highest BCUT2D eigenvalue weighted by Crippen LogP contribution is 2.38. The Hall–Kier alpha value is -1.97. The van der Waals surface area contributed by atoms with E-state index >= 15 is 0 Å². The molecule has 20 heavy (non-hydrogen) atoms. The van der Waals surface area contributed by atoms with Crippen LogP contribution in [0.5, 0.6) is 5.75 Å². The largest absolute Gasteiger partial charge is 0.485 e. The second kappa shape index (κ2) is 5.99. The van der Waals surface area contributed by atoms with E-state index in [-0.39, 0.29) is 11.9 Å². The van der Waals surface area contributed by atoms with Crippen LogP contribution in [-0.4, -0.2) is 0 Å². The summed E-state index contributed by atoms with van der Waals surface area (Å²) in [5.74, 6) is -0.129. The summed E-state index contributed by atoms with van der Waals surface area (Å²) >= 11 is 0. The molecule has 0 heterocycles. The molecule has 2 aromatic rings. The Morgan fingerprint density at radius 2 is 1.55 bits per heavy atom. The maximum absolute atomic E-state index is 12.9. The van der Waals surface area contributed by atoms with Gasteiger partial charge in [-0.3, -0.25) is 0 Å². The van der Waals surface area contributed by atoms with Crippen molar-refractivity contribution in [1.82, 2.24) is 0 Å². The van der Waals surface area contributed by atoms with Crippen molar-refractivity contribution in [2.75, 3.05) is 0 Å². The highest BCUT2D eigenvalue weighted by molar-refractivity contribution is 5.36. The van der Waals surface area contributed by atoms with Crippen LogP contribution in [-0.2, 0) is 6.18 Å². The van der Waals surface area contributed by atoms with Gasteiger partial charge in [0.1, 0.15) is 11.9 Å².